The predicted molar refractivity (Wildman–Crippen MR) is 50.9 cm³/mol. The van der Waals surface area contributed by atoms with Crippen LogP contribution >= 0.6 is 11.5 Å². The Balaban J connectivity index is 3.34. The number of halogens is 1. The SMILES string of the molecule is CC(C)CB(Cl)CC(C)C. The highest BCUT2D eigenvalue weighted by atomic mass is 35.5. The molecular weight excluding hydrogens is 142 g/mol. The zero-order valence-electron chi connectivity index (χ0n) is 7.52. The molecule has 0 spiro atoms. The highest BCUT2D eigenvalue weighted by Gasteiger charge is 2.13. The third kappa shape index (κ3) is 6.47. The van der Waals surface area contributed by atoms with Crippen molar-refractivity contribution in [2.75, 3.05) is 0 Å². The summed E-state index contributed by atoms with van der Waals surface area (Å²) in [7, 11) is 0. The smallest absolute Gasteiger partial charge is 0.196 e. The minimum atomic E-state index is 0.389. The van der Waals surface area contributed by atoms with Gasteiger partial charge in [0.05, 0.1) is 0 Å². The Labute approximate surface area is 70.3 Å². The lowest BCUT2D eigenvalue weighted by Crippen LogP contribution is -2.09. The Morgan fingerprint density at radius 3 is 1.50 bits per heavy atom. The summed E-state index contributed by atoms with van der Waals surface area (Å²) >= 11 is 6.07. The van der Waals surface area contributed by atoms with Crippen LogP contribution in [0.3, 0.4) is 0 Å². The van der Waals surface area contributed by atoms with E-state index in [9.17, 15) is 0 Å². The molecule has 2 heteroatoms. The highest BCUT2D eigenvalue weighted by molar-refractivity contribution is 7.06. The average molecular weight is 160 g/mol. The van der Waals surface area contributed by atoms with Crippen LogP contribution < -0.4 is 0 Å². The standard InChI is InChI=1S/C8H18BCl/c1-7(2)5-9(10)6-8(3)4/h7-8H,5-6H2,1-4H3. The summed E-state index contributed by atoms with van der Waals surface area (Å²) in [4.78, 5) is 0. The van der Waals surface area contributed by atoms with Gasteiger partial charge in [-0.25, -0.2) is 0 Å². The van der Waals surface area contributed by atoms with Crippen LogP contribution in [-0.2, 0) is 0 Å². The van der Waals surface area contributed by atoms with Crippen molar-refractivity contribution >= 4 is 17.6 Å². The molecule has 0 atom stereocenters. The van der Waals surface area contributed by atoms with Crippen LogP contribution in [0, 0.1) is 11.8 Å². The van der Waals surface area contributed by atoms with Gasteiger partial charge in [-0.3, -0.25) is 0 Å². The molecule has 0 aliphatic heterocycles. The van der Waals surface area contributed by atoms with E-state index in [0.717, 1.165) is 24.5 Å². The molecule has 0 heterocycles. The molecule has 0 nitrogen and oxygen atoms in total. The van der Waals surface area contributed by atoms with E-state index >= 15 is 0 Å². The number of hydrogen-bond acceptors (Lipinski definition) is 0. The summed E-state index contributed by atoms with van der Waals surface area (Å²) in [5.74, 6) is 1.47. The molecule has 10 heavy (non-hydrogen) atoms. The van der Waals surface area contributed by atoms with Crippen molar-refractivity contribution in [1.29, 1.82) is 0 Å². The highest BCUT2D eigenvalue weighted by Crippen LogP contribution is 2.16. The van der Waals surface area contributed by atoms with Gasteiger partial charge in [0.25, 0.3) is 6.13 Å². The Hall–Kier alpha value is 0.355. The average Bonchev–Trinajstić information content (AvgIpc) is 1.58. The molecule has 0 bridgehead atoms. The zero-order valence-corrected chi connectivity index (χ0v) is 8.28. The van der Waals surface area contributed by atoms with Gasteiger partial charge in [-0.15, -0.1) is 0 Å². The molecule has 0 N–H and O–H groups in total. The van der Waals surface area contributed by atoms with Gasteiger partial charge in [0.1, 0.15) is 0 Å². The van der Waals surface area contributed by atoms with Crippen molar-refractivity contribution in [2.24, 2.45) is 11.8 Å². The van der Waals surface area contributed by atoms with Gasteiger partial charge in [0, 0.05) is 0 Å². The van der Waals surface area contributed by atoms with Crippen molar-refractivity contribution in [3.8, 4) is 0 Å². The third-order valence-corrected chi connectivity index (χ3v) is 1.81. The fourth-order valence-corrected chi connectivity index (χ4v) is 1.83. The maximum atomic E-state index is 6.07. The second-order valence-electron chi connectivity index (χ2n) is 3.86. The monoisotopic (exact) mass is 160 g/mol. The van der Waals surface area contributed by atoms with Crippen LogP contribution in [0.2, 0.25) is 12.6 Å². The predicted octanol–water partition coefficient (Wildman–Crippen LogP) is 3.53. The molecule has 0 aromatic heterocycles. The van der Waals surface area contributed by atoms with Gasteiger partial charge < -0.3 is 0 Å². The lowest BCUT2D eigenvalue weighted by Gasteiger charge is -2.10. The normalized spacial score (nSPS) is 11.1. The van der Waals surface area contributed by atoms with Crippen LogP contribution in [0.1, 0.15) is 27.7 Å². The molecule has 0 saturated carbocycles. The first kappa shape index (κ1) is 10.4. The van der Waals surface area contributed by atoms with Gasteiger partial charge >= 0.3 is 0 Å². The van der Waals surface area contributed by atoms with Crippen LogP contribution in [0.4, 0.5) is 0 Å². The van der Waals surface area contributed by atoms with Crippen molar-refractivity contribution in [3.05, 3.63) is 0 Å². The summed E-state index contributed by atoms with van der Waals surface area (Å²) in [5, 5.41) is 0. The van der Waals surface area contributed by atoms with E-state index in [1.807, 2.05) is 0 Å². The topological polar surface area (TPSA) is 0 Å². The lowest BCUT2D eigenvalue weighted by molar-refractivity contribution is 0.697. The van der Waals surface area contributed by atoms with Gasteiger partial charge in [0.2, 0.25) is 0 Å². The van der Waals surface area contributed by atoms with Crippen molar-refractivity contribution in [2.45, 2.75) is 40.3 Å². The fraction of sp³-hybridized carbons (Fsp3) is 1.00. The largest absolute Gasteiger partial charge is 0.251 e. The minimum absolute atomic E-state index is 0.389. The molecule has 0 fully saturated rings. The minimum Gasteiger partial charge on any atom is -0.196 e. The van der Waals surface area contributed by atoms with E-state index in [1.54, 1.807) is 0 Å². The molecule has 0 saturated heterocycles. The summed E-state index contributed by atoms with van der Waals surface area (Å²) < 4.78 is 0. The zero-order chi connectivity index (χ0) is 8.15. The van der Waals surface area contributed by atoms with Crippen LogP contribution in [-0.4, -0.2) is 6.13 Å². The number of rotatable bonds is 4. The maximum absolute atomic E-state index is 6.07. The molecular formula is C8H18BCl. The van der Waals surface area contributed by atoms with E-state index in [2.05, 4.69) is 27.7 Å². The van der Waals surface area contributed by atoms with Crippen molar-refractivity contribution in [1.82, 2.24) is 0 Å². The second-order valence-corrected chi connectivity index (χ2v) is 4.47. The molecule has 0 aromatic carbocycles. The first-order valence-corrected chi connectivity index (χ1v) is 4.60. The first-order chi connectivity index (χ1) is 4.52. The Morgan fingerprint density at radius 1 is 1.00 bits per heavy atom. The van der Waals surface area contributed by atoms with Gasteiger partial charge in [-0.1, -0.05) is 52.2 Å². The van der Waals surface area contributed by atoms with Crippen LogP contribution in [0.25, 0.3) is 0 Å². The molecule has 0 unspecified atom stereocenters. The summed E-state index contributed by atoms with van der Waals surface area (Å²) in [5.41, 5.74) is 0. The van der Waals surface area contributed by atoms with Gasteiger partial charge in [-0.2, -0.15) is 11.5 Å². The van der Waals surface area contributed by atoms with Crippen LogP contribution in [0.5, 0.6) is 0 Å². The molecule has 0 aliphatic rings. The quantitative estimate of drug-likeness (QED) is 0.552. The molecule has 0 aromatic rings. The molecule has 0 rings (SSSR count). The van der Waals surface area contributed by atoms with E-state index in [4.69, 9.17) is 11.5 Å². The number of hydrogen-bond donors (Lipinski definition) is 0. The third-order valence-electron chi connectivity index (χ3n) is 1.45. The molecule has 0 aliphatic carbocycles. The van der Waals surface area contributed by atoms with E-state index in [1.165, 1.54) is 0 Å². The summed E-state index contributed by atoms with van der Waals surface area (Å²) in [6, 6.07) is 0. The van der Waals surface area contributed by atoms with Gasteiger partial charge in [0.15, 0.2) is 0 Å². The first-order valence-electron chi connectivity index (χ1n) is 4.16. The summed E-state index contributed by atoms with van der Waals surface area (Å²) in [6.07, 6.45) is 2.69. The molecule has 0 amide bonds. The summed E-state index contributed by atoms with van der Waals surface area (Å²) in [6.45, 7) is 8.87. The van der Waals surface area contributed by atoms with E-state index in [-0.39, 0.29) is 0 Å². The Kier molecular flexibility index (Phi) is 5.24. The van der Waals surface area contributed by atoms with Gasteiger partial charge in [-0.05, 0) is 0 Å². The fourth-order valence-electron chi connectivity index (χ4n) is 1.12. The van der Waals surface area contributed by atoms with E-state index < -0.39 is 0 Å². The Bertz CT molecular complexity index is 71.3. The molecule has 0 radical (unpaired) electrons. The van der Waals surface area contributed by atoms with Crippen molar-refractivity contribution < 1.29 is 0 Å². The maximum Gasteiger partial charge on any atom is 0.251 e. The van der Waals surface area contributed by atoms with Crippen LogP contribution in [0.15, 0.2) is 0 Å². The Morgan fingerprint density at radius 2 is 1.30 bits per heavy atom. The van der Waals surface area contributed by atoms with Crippen molar-refractivity contribution in [3.63, 3.8) is 0 Å². The lowest BCUT2D eigenvalue weighted by atomic mass is 9.63. The second kappa shape index (κ2) is 5.06. The molecule has 60 valence electrons. The van der Waals surface area contributed by atoms with E-state index in [0.29, 0.717) is 6.13 Å².